The van der Waals surface area contributed by atoms with E-state index in [1.807, 2.05) is 0 Å². The second-order valence-corrected chi connectivity index (χ2v) is 7.42. The fourth-order valence-electron chi connectivity index (χ4n) is 3.14. The van der Waals surface area contributed by atoms with E-state index >= 15 is 0 Å². The van der Waals surface area contributed by atoms with Crippen LogP contribution in [0, 0.1) is 11.3 Å². The van der Waals surface area contributed by atoms with Gasteiger partial charge in [-0.3, -0.25) is 4.79 Å². The Balaban J connectivity index is 1.78. The minimum absolute atomic E-state index is 0.0951. The Kier molecular flexibility index (Phi) is 5.56. The number of rotatable bonds is 4. The molecule has 0 unspecified atom stereocenters. The van der Waals surface area contributed by atoms with Gasteiger partial charge in [-0.1, -0.05) is 49.2 Å². The molecule has 1 aliphatic carbocycles. The van der Waals surface area contributed by atoms with Gasteiger partial charge in [-0.2, -0.15) is 18.4 Å². The van der Waals surface area contributed by atoms with Crippen LogP contribution >= 0.6 is 11.8 Å². The highest BCUT2D eigenvalue weighted by molar-refractivity contribution is 8.00. The number of hydrogen-bond donors (Lipinski definition) is 1. The summed E-state index contributed by atoms with van der Waals surface area (Å²) in [7, 11) is 0. The zero-order chi connectivity index (χ0) is 19.5. The number of nitrogens with zero attached hydrogens (tertiary/aromatic N) is 3. The first-order valence-electron chi connectivity index (χ1n) is 8.52. The maximum atomic E-state index is 13.1. The fourth-order valence-corrected chi connectivity index (χ4v) is 3.96. The molecule has 142 valence electrons. The summed E-state index contributed by atoms with van der Waals surface area (Å²) in [6.07, 6.45) is -0.724. The van der Waals surface area contributed by atoms with E-state index in [0.29, 0.717) is 18.2 Å². The van der Waals surface area contributed by atoms with Gasteiger partial charge in [0.05, 0.1) is 17.3 Å². The van der Waals surface area contributed by atoms with Crippen LogP contribution in [0.5, 0.6) is 0 Å². The number of carbonyl (C=O) groups is 1. The van der Waals surface area contributed by atoms with Crippen LogP contribution in [0.3, 0.4) is 0 Å². The molecule has 0 atom stereocenters. The largest absolute Gasteiger partial charge is 0.451 e. The predicted molar refractivity (Wildman–Crippen MR) is 94.8 cm³/mol. The van der Waals surface area contributed by atoms with E-state index in [4.69, 9.17) is 0 Å². The molecule has 0 aliphatic heterocycles. The summed E-state index contributed by atoms with van der Waals surface area (Å²) in [6, 6.07) is 8.55. The number of hydrogen-bond acceptors (Lipinski definition) is 5. The summed E-state index contributed by atoms with van der Waals surface area (Å²) in [5, 5.41) is 12.7. The van der Waals surface area contributed by atoms with Gasteiger partial charge in [0.25, 0.3) is 0 Å². The van der Waals surface area contributed by atoms with E-state index in [1.54, 1.807) is 18.2 Å². The molecule has 0 radical (unpaired) electrons. The number of aromatic nitrogens is 2. The summed E-state index contributed by atoms with van der Waals surface area (Å²) in [6.45, 7) is 0. The molecule has 1 amide bonds. The van der Waals surface area contributed by atoms with E-state index in [0.717, 1.165) is 31.0 Å². The Morgan fingerprint density at radius 2 is 1.93 bits per heavy atom. The van der Waals surface area contributed by atoms with Crippen LogP contribution in [0.4, 0.5) is 13.2 Å². The number of halogens is 3. The maximum Gasteiger partial charge on any atom is 0.451 e. The van der Waals surface area contributed by atoms with E-state index < -0.39 is 17.5 Å². The molecule has 1 aromatic heterocycles. The van der Waals surface area contributed by atoms with Gasteiger partial charge in [0.15, 0.2) is 0 Å². The summed E-state index contributed by atoms with van der Waals surface area (Å²) in [4.78, 5) is 19.5. The average molecular weight is 394 g/mol. The van der Waals surface area contributed by atoms with Gasteiger partial charge in [0.2, 0.25) is 11.7 Å². The summed E-state index contributed by atoms with van der Waals surface area (Å²) in [5.74, 6) is -1.74. The van der Waals surface area contributed by atoms with Crippen LogP contribution in [-0.4, -0.2) is 27.2 Å². The Labute approximate surface area is 158 Å². The number of alkyl halides is 3. The second kappa shape index (κ2) is 7.72. The van der Waals surface area contributed by atoms with Crippen LogP contribution in [0.2, 0.25) is 0 Å². The molecule has 1 N–H and O–H groups in total. The van der Waals surface area contributed by atoms with Crippen molar-refractivity contribution in [1.82, 2.24) is 15.3 Å². The third-order valence-electron chi connectivity index (χ3n) is 4.46. The van der Waals surface area contributed by atoms with Gasteiger partial charge in [-0.15, -0.1) is 0 Å². The zero-order valence-electron chi connectivity index (χ0n) is 14.3. The lowest BCUT2D eigenvalue weighted by Crippen LogP contribution is -2.49. The average Bonchev–Trinajstić information content (AvgIpc) is 2.66. The Bertz CT molecular complexity index is 888. The predicted octanol–water partition coefficient (Wildman–Crippen LogP) is 4.08. The minimum atomic E-state index is -4.67. The van der Waals surface area contributed by atoms with Gasteiger partial charge < -0.3 is 5.32 Å². The first-order valence-corrected chi connectivity index (χ1v) is 9.51. The molecule has 0 saturated heterocycles. The van der Waals surface area contributed by atoms with Crippen molar-refractivity contribution in [2.24, 2.45) is 0 Å². The molecular weight excluding hydrogens is 377 g/mol. The van der Waals surface area contributed by atoms with Gasteiger partial charge in [-0.05, 0) is 18.9 Å². The summed E-state index contributed by atoms with van der Waals surface area (Å²) in [5.41, 5.74) is -0.704. The number of carbonyl (C=O) groups excluding carboxylic acids is 1. The van der Waals surface area contributed by atoms with Crippen molar-refractivity contribution in [3.8, 4) is 6.07 Å². The maximum absolute atomic E-state index is 13.1. The Hall–Kier alpha value is -2.34. The topological polar surface area (TPSA) is 78.7 Å². The van der Waals surface area contributed by atoms with Gasteiger partial charge in [0.1, 0.15) is 10.6 Å². The molecule has 0 bridgehead atoms. The number of nitriles is 1. The lowest BCUT2D eigenvalue weighted by Gasteiger charge is -2.31. The van der Waals surface area contributed by atoms with Crippen molar-refractivity contribution in [2.45, 2.75) is 48.8 Å². The molecule has 2 aromatic rings. The zero-order valence-corrected chi connectivity index (χ0v) is 15.2. The van der Waals surface area contributed by atoms with Crippen molar-refractivity contribution in [3.05, 3.63) is 30.1 Å². The van der Waals surface area contributed by atoms with E-state index in [9.17, 15) is 23.2 Å². The molecule has 0 spiro atoms. The number of amides is 1. The standard InChI is InChI=1S/C18H17F3N4OS/c19-18(20,21)16-23-13-7-3-2-6-12(13)15(24-16)27-10-14(26)25-17(11-22)8-4-1-5-9-17/h2-3,6-7H,1,4-5,8-10H2,(H,25,26). The number of benzene rings is 1. The normalized spacial score (nSPS) is 16.7. The molecule has 1 aromatic carbocycles. The van der Waals surface area contributed by atoms with Crippen molar-refractivity contribution in [3.63, 3.8) is 0 Å². The second-order valence-electron chi connectivity index (χ2n) is 6.46. The van der Waals surface area contributed by atoms with E-state index in [-0.39, 0.29) is 22.2 Å². The smallest absolute Gasteiger partial charge is 0.337 e. The molecule has 3 rings (SSSR count). The lowest BCUT2D eigenvalue weighted by atomic mass is 9.83. The minimum Gasteiger partial charge on any atom is -0.337 e. The highest BCUT2D eigenvalue weighted by atomic mass is 32.2. The van der Waals surface area contributed by atoms with Crippen molar-refractivity contribution >= 4 is 28.6 Å². The fraction of sp³-hybridized carbons (Fsp3) is 0.444. The summed E-state index contributed by atoms with van der Waals surface area (Å²) < 4.78 is 39.2. The molecule has 1 aliphatic rings. The molecule has 1 heterocycles. The monoisotopic (exact) mass is 394 g/mol. The van der Waals surface area contributed by atoms with Gasteiger partial charge >= 0.3 is 6.18 Å². The molecule has 1 fully saturated rings. The van der Waals surface area contributed by atoms with Crippen LogP contribution in [0.1, 0.15) is 37.9 Å². The quantitative estimate of drug-likeness (QED) is 0.624. The van der Waals surface area contributed by atoms with E-state index in [1.165, 1.54) is 6.07 Å². The van der Waals surface area contributed by atoms with Crippen LogP contribution in [-0.2, 0) is 11.0 Å². The van der Waals surface area contributed by atoms with Crippen LogP contribution < -0.4 is 5.32 Å². The van der Waals surface area contributed by atoms with E-state index in [2.05, 4.69) is 21.4 Å². The molecule has 27 heavy (non-hydrogen) atoms. The molecule has 9 heteroatoms. The highest BCUT2D eigenvalue weighted by Crippen LogP contribution is 2.32. The SMILES string of the molecule is N#CC1(NC(=O)CSc2nc(C(F)(F)F)nc3ccccc23)CCCCC1. The first-order chi connectivity index (χ1) is 12.8. The highest BCUT2D eigenvalue weighted by Gasteiger charge is 2.36. The van der Waals surface area contributed by atoms with Crippen molar-refractivity contribution in [2.75, 3.05) is 5.75 Å². The Morgan fingerprint density at radius 1 is 1.22 bits per heavy atom. The third kappa shape index (κ3) is 4.50. The third-order valence-corrected chi connectivity index (χ3v) is 5.45. The number of fused-ring (bicyclic) bond motifs is 1. The van der Waals surface area contributed by atoms with Gasteiger partial charge in [-0.25, -0.2) is 9.97 Å². The first kappa shape index (κ1) is 19.4. The number of para-hydroxylation sites is 1. The molecular formula is C18H17F3N4OS. The van der Waals surface area contributed by atoms with Crippen molar-refractivity contribution in [1.29, 1.82) is 5.26 Å². The van der Waals surface area contributed by atoms with Crippen LogP contribution in [0.25, 0.3) is 10.9 Å². The molecule has 5 nitrogen and oxygen atoms in total. The Morgan fingerprint density at radius 3 is 2.59 bits per heavy atom. The van der Waals surface area contributed by atoms with Crippen molar-refractivity contribution < 1.29 is 18.0 Å². The van der Waals surface area contributed by atoms with Crippen LogP contribution in [0.15, 0.2) is 29.3 Å². The molecule has 1 saturated carbocycles. The number of thioether (sulfide) groups is 1. The summed E-state index contributed by atoms with van der Waals surface area (Å²) >= 11 is 0.914. The van der Waals surface area contributed by atoms with Gasteiger partial charge in [0, 0.05) is 5.39 Å². The number of nitrogens with one attached hydrogen (secondary N) is 1. The lowest BCUT2D eigenvalue weighted by molar-refractivity contribution is -0.145.